The zero-order chi connectivity index (χ0) is 23.8. The number of hydrogen-bond donors (Lipinski definition) is 1. The first-order valence-corrected chi connectivity index (χ1v) is 12.9. The van der Waals surface area contributed by atoms with Crippen LogP contribution in [0.2, 0.25) is 0 Å². The van der Waals surface area contributed by atoms with Crippen molar-refractivity contribution in [3.63, 3.8) is 0 Å². The minimum atomic E-state index is 0.479. The molecule has 35 heavy (non-hydrogen) atoms. The zero-order valence-corrected chi connectivity index (χ0v) is 20.5. The maximum Gasteiger partial charge on any atom is 0.101 e. The van der Waals surface area contributed by atoms with Crippen LogP contribution in [0.15, 0.2) is 42.7 Å². The van der Waals surface area contributed by atoms with Gasteiger partial charge in [0.1, 0.15) is 6.07 Å². The van der Waals surface area contributed by atoms with Gasteiger partial charge in [0, 0.05) is 100 Å². The van der Waals surface area contributed by atoms with Crippen LogP contribution >= 0.6 is 0 Å². The maximum atomic E-state index is 9.53. The van der Waals surface area contributed by atoms with Gasteiger partial charge in [-0.1, -0.05) is 0 Å². The van der Waals surface area contributed by atoms with Crippen LogP contribution in [0.4, 0.5) is 5.69 Å². The molecule has 5 heterocycles. The first-order valence-electron chi connectivity index (χ1n) is 12.9. The smallest absolute Gasteiger partial charge is 0.101 e. The van der Waals surface area contributed by atoms with E-state index in [4.69, 9.17) is 4.98 Å². The number of rotatable bonds is 3. The van der Waals surface area contributed by atoms with E-state index < -0.39 is 0 Å². The van der Waals surface area contributed by atoms with Gasteiger partial charge in [0.25, 0.3) is 0 Å². The Morgan fingerprint density at radius 1 is 1.14 bits per heavy atom. The topological polar surface area (TPSA) is 71.3 Å². The van der Waals surface area contributed by atoms with Crippen molar-refractivity contribution in [3.8, 4) is 6.07 Å². The highest BCUT2D eigenvalue weighted by molar-refractivity contribution is 5.95. The lowest BCUT2D eigenvalue weighted by atomic mass is 10.0. The maximum absolute atomic E-state index is 9.53. The van der Waals surface area contributed by atoms with Crippen LogP contribution in [-0.2, 0) is 19.5 Å². The molecule has 2 saturated heterocycles. The molecule has 2 aromatic heterocycles. The van der Waals surface area contributed by atoms with E-state index in [9.17, 15) is 5.26 Å². The van der Waals surface area contributed by atoms with Crippen molar-refractivity contribution in [1.82, 2.24) is 25.1 Å². The molecule has 2 fully saturated rings. The third-order valence-corrected chi connectivity index (χ3v) is 7.99. The minimum Gasteiger partial charge on any atom is -0.368 e. The number of nitrogens with one attached hydrogen (secondary N) is 1. The molecule has 2 unspecified atom stereocenters. The fraction of sp³-hybridized carbons (Fsp3) is 0.464. The number of nitrogens with zero attached hydrogens (tertiary/aromatic N) is 6. The van der Waals surface area contributed by atoms with Crippen molar-refractivity contribution in [2.75, 3.05) is 44.2 Å². The molecule has 1 aromatic carbocycles. The van der Waals surface area contributed by atoms with Crippen LogP contribution in [0, 0.1) is 11.3 Å². The van der Waals surface area contributed by atoms with Crippen LogP contribution < -0.4 is 10.2 Å². The number of piperazine rings is 1. The predicted octanol–water partition coefficient (Wildman–Crippen LogP) is 2.93. The zero-order valence-electron chi connectivity index (χ0n) is 20.5. The van der Waals surface area contributed by atoms with Crippen LogP contribution in [0.25, 0.3) is 10.9 Å². The average molecular weight is 468 g/mol. The highest BCUT2D eigenvalue weighted by atomic mass is 15.3. The van der Waals surface area contributed by atoms with E-state index in [0.29, 0.717) is 17.6 Å². The molecule has 3 aliphatic heterocycles. The van der Waals surface area contributed by atoms with Gasteiger partial charge in [0.15, 0.2) is 0 Å². The number of anilines is 1. The van der Waals surface area contributed by atoms with Crippen LogP contribution in [-0.4, -0.2) is 71.1 Å². The Balaban J connectivity index is 1.18. The summed E-state index contributed by atoms with van der Waals surface area (Å²) in [7, 11) is 0. The van der Waals surface area contributed by atoms with Crippen LogP contribution in [0.1, 0.15) is 35.7 Å². The summed E-state index contributed by atoms with van der Waals surface area (Å²) in [5.74, 6) is 0. The first-order chi connectivity index (χ1) is 17.2. The van der Waals surface area contributed by atoms with E-state index in [2.05, 4.69) is 62.4 Å². The van der Waals surface area contributed by atoms with E-state index in [0.717, 1.165) is 76.1 Å². The highest BCUT2D eigenvalue weighted by Crippen LogP contribution is 2.32. The molecule has 3 aromatic rings. The second-order valence-corrected chi connectivity index (χ2v) is 10.2. The molecule has 0 radical (unpaired) electrons. The summed E-state index contributed by atoms with van der Waals surface area (Å²) < 4.78 is 0. The summed E-state index contributed by atoms with van der Waals surface area (Å²) in [5, 5.41) is 14.1. The summed E-state index contributed by atoms with van der Waals surface area (Å²) in [4.78, 5) is 17.1. The largest absolute Gasteiger partial charge is 0.368 e. The molecule has 0 saturated carbocycles. The molecule has 7 heteroatoms. The van der Waals surface area contributed by atoms with E-state index in [1.807, 2.05) is 12.1 Å². The van der Waals surface area contributed by atoms with Gasteiger partial charge in [-0.05, 0) is 54.8 Å². The normalized spacial score (nSPS) is 23.4. The van der Waals surface area contributed by atoms with Gasteiger partial charge < -0.3 is 10.2 Å². The van der Waals surface area contributed by atoms with Gasteiger partial charge in [-0.3, -0.25) is 19.8 Å². The van der Waals surface area contributed by atoms with Crippen molar-refractivity contribution < 1.29 is 0 Å². The van der Waals surface area contributed by atoms with Crippen LogP contribution in [0.5, 0.6) is 0 Å². The predicted molar refractivity (Wildman–Crippen MR) is 138 cm³/mol. The Labute approximate surface area is 207 Å². The van der Waals surface area contributed by atoms with E-state index in [1.165, 1.54) is 22.5 Å². The lowest BCUT2D eigenvalue weighted by Gasteiger charge is -2.46. The Morgan fingerprint density at radius 3 is 3.00 bits per heavy atom. The SMILES string of the molecule is CC1CN(c2ccc(C#N)c3ncccc23)CC2CCN(Cc3cnc4c(c3)CNCC4)CCN12. The second kappa shape index (κ2) is 9.54. The standard InChI is InChI=1S/C28H33N7/c1-20-17-34(27-5-4-22(14-29)28-25(27)3-2-8-31-28)19-24-7-10-33(11-12-35(20)24)18-21-13-23-16-30-9-6-26(23)32-15-21/h2-5,8,13,15,20,24,30H,6-7,9-12,16-19H2,1H3. The highest BCUT2D eigenvalue weighted by Gasteiger charge is 2.34. The lowest BCUT2D eigenvalue weighted by Crippen LogP contribution is -2.58. The van der Waals surface area contributed by atoms with Gasteiger partial charge >= 0.3 is 0 Å². The van der Waals surface area contributed by atoms with Gasteiger partial charge in [0.05, 0.1) is 11.1 Å². The van der Waals surface area contributed by atoms with Gasteiger partial charge in [-0.25, -0.2) is 0 Å². The average Bonchev–Trinajstić information content (AvgIpc) is 3.10. The molecule has 180 valence electrons. The molecule has 6 rings (SSSR count). The van der Waals surface area contributed by atoms with Crippen molar-refractivity contribution in [3.05, 3.63) is 65.1 Å². The third kappa shape index (κ3) is 4.38. The Morgan fingerprint density at radius 2 is 2.09 bits per heavy atom. The number of pyridine rings is 2. The molecule has 0 bridgehead atoms. The number of hydrogen-bond acceptors (Lipinski definition) is 7. The Bertz CT molecular complexity index is 1270. The van der Waals surface area contributed by atoms with Gasteiger partial charge in [0.2, 0.25) is 0 Å². The Kier molecular flexibility index (Phi) is 6.11. The molecule has 0 aliphatic carbocycles. The summed E-state index contributed by atoms with van der Waals surface area (Å²) in [6.07, 6.45) is 6.07. The molecule has 7 nitrogen and oxygen atoms in total. The van der Waals surface area contributed by atoms with Crippen LogP contribution in [0.3, 0.4) is 0 Å². The van der Waals surface area contributed by atoms with E-state index in [1.54, 1.807) is 6.20 Å². The number of fused-ring (bicyclic) bond motifs is 3. The summed E-state index contributed by atoms with van der Waals surface area (Å²) in [5.41, 5.74) is 6.62. The van der Waals surface area contributed by atoms with Crippen molar-refractivity contribution in [1.29, 1.82) is 5.26 Å². The van der Waals surface area contributed by atoms with E-state index >= 15 is 0 Å². The van der Waals surface area contributed by atoms with Crippen molar-refractivity contribution >= 4 is 16.6 Å². The second-order valence-electron chi connectivity index (χ2n) is 10.2. The summed E-state index contributed by atoms with van der Waals surface area (Å²) >= 11 is 0. The number of benzene rings is 1. The minimum absolute atomic E-state index is 0.479. The summed E-state index contributed by atoms with van der Waals surface area (Å²) in [6.45, 7) is 10.6. The van der Waals surface area contributed by atoms with Crippen molar-refractivity contribution in [2.45, 2.75) is 44.9 Å². The summed E-state index contributed by atoms with van der Waals surface area (Å²) in [6, 6.07) is 13.8. The molecular formula is C28H33N7. The first kappa shape index (κ1) is 22.4. The molecule has 0 spiro atoms. The molecule has 1 N–H and O–H groups in total. The molecular weight excluding hydrogens is 434 g/mol. The number of nitriles is 1. The van der Waals surface area contributed by atoms with E-state index in [-0.39, 0.29) is 0 Å². The quantitative estimate of drug-likeness (QED) is 0.635. The fourth-order valence-corrected chi connectivity index (χ4v) is 6.20. The third-order valence-electron chi connectivity index (χ3n) is 7.99. The van der Waals surface area contributed by atoms with Crippen molar-refractivity contribution in [2.24, 2.45) is 0 Å². The molecule has 3 aliphatic rings. The molecule has 0 amide bonds. The fourth-order valence-electron chi connectivity index (χ4n) is 6.20. The Hall–Kier alpha value is -3.05. The van der Waals surface area contributed by atoms with Gasteiger partial charge in [-0.15, -0.1) is 0 Å². The molecule has 2 atom stereocenters. The van der Waals surface area contributed by atoms with Gasteiger partial charge in [-0.2, -0.15) is 5.26 Å². The lowest BCUT2D eigenvalue weighted by molar-refractivity contribution is 0.127. The number of aromatic nitrogens is 2. The monoisotopic (exact) mass is 467 g/mol.